The molecule has 3 unspecified atom stereocenters. The second kappa shape index (κ2) is 16.6. The molecule has 0 radical (unpaired) electrons. The molecule has 2 saturated heterocycles. The number of ether oxygens (including phenoxy) is 2. The molecule has 0 saturated carbocycles. The molecule has 224 valence electrons. The molecule has 0 aromatic heterocycles. The predicted molar refractivity (Wildman–Crippen MR) is 155 cm³/mol. The van der Waals surface area contributed by atoms with Gasteiger partial charge in [-0.3, -0.25) is 14.8 Å². The molecule has 2 aromatic carbocycles. The fraction of sp³-hybridized carbons (Fsp3) is 0.562. The van der Waals surface area contributed by atoms with Crippen LogP contribution in [0.1, 0.15) is 98.9 Å². The van der Waals surface area contributed by atoms with E-state index >= 15 is 0 Å². The number of hydroxylamine groups is 1. The van der Waals surface area contributed by atoms with Crippen LogP contribution in [0.25, 0.3) is 0 Å². The van der Waals surface area contributed by atoms with Gasteiger partial charge in [-0.2, -0.15) is 0 Å². The second-order valence-electron chi connectivity index (χ2n) is 11.2. The molecule has 2 amide bonds. The number of piperidine rings is 1. The van der Waals surface area contributed by atoms with Crippen molar-refractivity contribution in [2.45, 2.75) is 95.9 Å². The number of rotatable bonds is 14. The first-order valence-electron chi connectivity index (χ1n) is 15.1. The van der Waals surface area contributed by atoms with Crippen LogP contribution in [-0.4, -0.2) is 52.8 Å². The van der Waals surface area contributed by atoms with Crippen LogP contribution in [0.15, 0.2) is 48.5 Å². The minimum Gasteiger partial charge on any atom is -0.392 e. The van der Waals surface area contributed by atoms with Gasteiger partial charge in [0.05, 0.1) is 18.8 Å². The smallest absolute Gasteiger partial charge is 0.243 e. The van der Waals surface area contributed by atoms with Crippen molar-refractivity contribution in [3.8, 4) is 0 Å². The summed E-state index contributed by atoms with van der Waals surface area (Å²) in [6.07, 6.45) is 7.98. The zero-order valence-electron chi connectivity index (χ0n) is 23.9. The average Bonchev–Trinajstić information content (AvgIpc) is 3.02. The summed E-state index contributed by atoms with van der Waals surface area (Å²) in [7, 11) is 0. The molecule has 41 heavy (non-hydrogen) atoms. The molecule has 0 bridgehead atoms. The van der Waals surface area contributed by atoms with E-state index in [9.17, 15) is 14.7 Å². The maximum absolute atomic E-state index is 12.3. The Kier molecular flexibility index (Phi) is 12.6. The van der Waals surface area contributed by atoms with E-state index in [1.807, 2.05) is 48.5 Å². The maximum Gasteiger partial charge on any atom is 0.243 e. The van der Waals surface area contributed by atoms with Gasteiger partial charge >= 0.3 is 0 Å². The van der Waals surface area contributed by atoms with Gasteiger partial charge in [0, 0.05) is 37.9 Å². The van der Waals surface area contributed by atoms with Gasteiger partial charge in [-0.05, 0) is 55.5 Å². The van der Waals surface area contributed by atoms with E-state index in [1.54, 1.807) is 5.48 Å². The summed E-state index contributed by atoms with van der Waals surface area (Å²) >= 11 is 0. The molecule has 2 aliphatic heterocycles. The molecule has 2 aromatic rings. The van der Waals surface area contributed by atoms with Gasteiger partial charge in [-0.25, -0.2) is 5.48 Å². The number of amides is 2. The number of unbranched alkanes of at least 4 members (excludes halogenated alkanes) is 3. The van der Waals surface area contributed by atoms with Gasteiger partial charge in [0.15, 0.2) is 6.29 Å². The molecule has 2 heterocycles. The lowest BCUT2D eigenvalue weighted by molar-refractivity contribution is -0.253. The predicted octanol–water partition coefficient (Wildman–Crippen LogP) is 4.67. The highest BCUT2D eigenvalue weighted by Crippen LogP contribution is 2.38. The van der Waals surface area contributed by atoms with E-state index in [-0.39, 0.29) is 30.6 Å². The number of aliphatic hydroxyl groups is 1. The minimum absolute atomic E-state index is 0.0109. The van der Waals surface area contributed by atoms with E-state index in [4.69, 9.17) is 14.7 Å². The van der Waals surface area contributed by atoms with Crippen molar-refractivity contribution in [1.29, 1.82) is 0 Å². The third-order valence-corrected chi connectivity index (χ3v) is 7.95. The molecule has 4 rings (SSSR count). The van der Waals surface area contributed by atoms with Crippen molar-refractivity contribution in [1.82, 2.24) is 15.7 Å². The first kappa shape index (κ1) is 31.1. The van der Waals surface area contributed by atoms with E-state index < -0.39 is 6.29 Å². The van der Waals surface area contributed by atoms with Crippen LogP contribution < -0.4 is 10.8 Å². The van der Waals surface area contributed by atoms with Crippen molar-refractivity contribution in [3.63, 3.8) is 0 Å². The zero-order valence-corrected chi connectivity index (χ0v) is 23.9. The third kappa shape index (κ3) is 10.2. The zero-order chi connectivity index (χ0) is 28.9. The molecule has 9 heteroatoms. The topological polar surface area (TPSA) is 120 Å². The molecule has 9 nitrogen and oxygen atoms in total. The van der Waals surface area contributed by atoms with E-state index in [0.717, 1.165) is 67.6 Å². The van der Waals surface area contributed by atoms with Crippen molar-refractivity contribution >= 4 is 11.8 Å². The van der Waals surface area contributed by atoms with Crippen LogP contribution in [0.3, 0.4) is 0 Å². The van der Waals surface area contributed by atoms with Crippen LogP contribution in [0.2, 0.25) is 0 Å². The van der Waals surface area contributed by atoms with Crippen molar-refractivity contribution < 1.29 is 29.4 Å². The largest absolute Gasteiger partial charge is 0.392 e. The highest BCUT2D eigenvalue weighted by Gasteiger charge is 2.33. The molecule has 4 N–H and O–H groups in total. The molecular weight excluding hydrogens is 522 g/mol. The van der Waals surface area contributed by atoms with Crippen molar-refractivity contribution in [2.24, 2.45) is 0 Å². The molecular formula is C32H45N3O6. The lowest BCUT2D eigenvalue weighted by Gasteiger charge is -2.39. The van der Waals surface area contributed by atoms with Gasteiger partial charge in [0.2, 0.25) is 11.8 Å². The van der Waals surface area contributed by atoms with E-state index in [1.165, 1.54) is 19.3 Å². The monoisotopic (exact) mass is 567 g/mol. The first-order valence-corrected chi connectivity index (χ1v) is 15.1. The van der Waals surface area contributed by atoms with Crippen LogP contribution in [0, 0.1) is 0 Å². The van der Waals surface area contributed by atoms with Crippen LogP contribution in [-0.2, 0) is 32.2 Å². The highest BCUT2D eigenvalue weighted by atomic mass is 16.7. The normalized spacial score (nSPS) is 21.4. The number of nitrogens with zero attached hydrogens (tertiary/aromatic N) is 1. The van der Waals surface area contributed by atoms with Gasteiger partial charge in [-0.15, -0.1) is 0 Å². The van der Waals surface area contributed by atoms with Gasteiger partial charge < -0.3 is 24.8 Å². The fourth-order valence-electron chi connectivity index (χ4n) is 5.53. The number of hydrogen-bond acceptors (Lipinski definition) is 7. The Morgan fingerprint density at radius 1 is 0.805 bits per heavy atom. The summed E-state index contributed by atoms with van der Waals surface area (Å²) < 4.78 is 13.0. The summed E-state index contributed by atoms with van der Waals surface area (Å²) in [5, 5.41) is 20.9. The van der Waals surface area contributed by atoms with Crippen LogP contribution >= 0.6 is 0 Å². The second-order valence-corrected chi connectivity index (χ2v) is 11.2. The van der Waals surface area contributed by atoms with Crippen LogP contribution in [0.4, 0.5) is 0 Å². The summed E-state index contributed by atoms with van der Waals surface area (Å²) in [5.74, 6) is -0.363. The Balaban J connectivity index is 1.29. The Hall–Kier alpha value is -2.82. The third-order valence-electron chi connectivity index (χ3n) is 7.95. The molecule has 0 spiro atoms. The quantitative estimate of drug-likeness (QED) is 0.149. The molecule has 2 fully saturated rings. The Morgan fingerprint density at radius 2 is 1.44 bits per heavy atom. The van der Waals surface area contributed by atoms with Crippen LogP contribution in [0.5, 0.6) is 0 Å². The number of benzene rings is 2. The van der Waals surface area contributed by atoms with Crippen molar-refractivity contribution in [3.05, 3.63) is 70.8 Å². The van der Waals surface area contributed by atoms with E-state index in [2.05, 4.69) is 10.2 Å². The number of nitrogens with one attached hydrogen (secondary N) is 2. The number of likely N-dealkylation sites (tertiary alicyclic amines) is 1. The number of hydrogen-bond donors (Lipinski definition) is 4. The maximum atomic E-state index is 12.3. The summed E-state index contributed by atoms with van der Waals surface area (Å²) in [6.45, 7) is 3.61. The molecule has 0 aliphatic carbocycles. The lowest BCUT2D eigenvalue weighted by atomic mass is 9.99. The number of carbonyl (C=O) groups is 2. The van der Waals surface area contributed by atoms with Gasteiger partial charge in [0.1, 0.15) is 0 Å². The van der Waals surface area contributed by atoms with E-state index in [0.29, 0.717) is 25.8 Å². The molecule has 2 aliphatic rings. The van der Waals surface area contributed by atoms with Gasteiger partial charge in [0.25, 0.3) is 0 Å². The minimum atomic E-state index is -0.479. The van der Waals surface area contributed by atoms with Gasteiger partial charge in [-0.1, -0.05) is 67.8 Å². The summed E-state index contributed by atoms with van der Waals surface area (Å²) in [4.78, 5) is 25.8. The van der Waals surface area contributed by atoms with Crippen molar-refractivity contribution in [2.75, 3.05) is 19.6 Å². The Labute approximate surface area is 243 Å². The highest BCUT2D eigenvalue weighted by molar-refractivity contribution is 5.75. The molecule has 3 atom stereocenters. The number of carbonyl (C=O) groups excluding carboxylic acids is 2. The SMILES string of the molecule is O=C(CCCCCCC(=O)NCc1ccc(C2OC(CN3CCCCC3)CC(c3ccc(CO)cc3)O2)cc1)NO. The number of aliphatic hydroxyl groups excluding tert-OH is 1. The lowest BCUT2D eigenvalue weighted by Crippen LogP contribution is -2.41. The first-order chi connectivity index (χ1) is 20.0. The summed E-state index contributed by atoms with van der Waals surface area (Å²) in [6, 6.07) is 16.0. The Bertz CT molecular complexity index is 1070. The fourth-order valence-corrected chi connectivity index (χ4v) is 5.53. The standard InChI is InChI=1S/C32H45N3O6/c36-23-25-12-14-26(15-13-25)29-20-28(22-35-18-6-3-7-19-35)40-32(41-29)27-16-10-24(11-17-27)21-33-30(37)8-4-1-2-5-9-31(38)34-39/h10-17,28-29,32,36,39H,1-9,18-23H2,(H,33,37)(H,34,38). The summed E-state index contributed by atoms with van der Waals surface area (Å²) in [5.41, 5.74) is 5.57. The average molecular weight is 568 g/mol. The Morgan fingerprint density at radius 3 is 2.10 bits per heavy atom.